The Balaban J connectivity index is 1.58. The molecule has 0 aliphatic carbocycles. The van der Waals surface area contributed by atoms with Gasteiger partial charge < -0.3 is 9.52 Å². The molecular formula is C18H17FN2O2. The number of aliphatic hydroxyl groups excluding tert-OH is 1. The minimum Gasteiger partial charge on any atom is -0.439 e. The van der Waals surface area contributed by atoms with Crippen molar-refractivity contribution in [1.29, 1.82) is 0 Å². The van der Waals surface area contributed by atoms with E-state index in [-0.39, 0.29) is 5.82 Å². The number of halogens is 1. The molecule has 2 heterocycles. The van der Waals surface area contributed by atoms with Crippen LogP contribution in [0.4, 0.5) is 4.39 Å². The van der Waals surface area contributed by atoms with Crippen molar-refractivity contribution in [2.75, 3.05) is 6.54 Å². The van der Waals surface area contributed by atoms with Gasteiger partial charge in [-0.3, -0.25) is 4.90 Å². The van der Waals surface area contributed by atoms with Crippen LogP contribution in [-0.4, -0.2) is 21.5 Å². The van der Waals surface area contributed by atoms with Crippen molar-refractivity contribution in [2.45, 2.75) is 25.6 Å². The summed E-state index contributed by atoms with van der Waals surface area (Å²) >= 11 is 0. The van der Waals surface area contributed by atoms with Gasteiger partial charge in [-0.25, -0.2) is 9.37 Å². The van der Waals surface area contributed by atoms with Gasteiger partial charge in [-0.1, -0.05) is 24.3 Å². The maximum atomic E-state index is 13.2. The molecule has 1 aliphatic rings. The summed E-state index contributed by atoms with van der Waals surface area (Å²) in [4.78, 5) is 6.61. The second-order valence-electron chi connectivity index (χ2n) is 5.93. The molecule has 0 radical (unpaired) electrons. The van der Waals surface area contributed by atoms with Gasteiger partial charge in [0, 0.05) is 19.2 Å². The maximum absolute atomic E-state index is 13.2. The van der Waals surface area contributed by atoms with Crippen molar-refractivity contribution in [1.82, 2.24) is 9.88 Å². The van der Waals surface area contributed by atoms with Crippen molar-refractivity contribution in [3.8, 4) is 0 Å². The Morgan fingerprint density at radius 2 is 2.13 bits per heavy atom. The second kappa shape index (κ2) is 5.76. The Morgan fingerprint density at radius 1 is 1.26 bits per heavy atom. The van der Waals surface area contributed by atoms with Gasteiger partial charge in [0.15, 0.2) is 5.58 Å². The zero-order valence-corrected chi connectivity index (χ0v) is 12.6. The van der Waals surface area contributed by atoms with Crippen LogP contribution in [0.2, 0.25) is 0 Å². The molecule has 0 fully saturated rings. The molecule has 5 heteroatoms. The zero-order valence-electron chi connectivity index (χ0n) is 12.6. The topological polar surface area (TPSA) is 49.5 Å². The van der Waals surface area contributed by atoms with Gasteiger partial charge in [0.1, 0.15) is 11.3 Å². The first kappa shape index (κ1) is 14.4. The van der Waals surface area contributed by atoms with Crippen LogP contribution in [0, 0.1) is 5.82 Å². The molecule has 3 aromatic rings. The quantitative estimate of drug-likeness (QED) is 0.788. The van der Waals surface area contributed by atoms with E-state index in [1.807, 2.05) is 24.3 Å². The fourth-order valence-corrected chi connectivity index (χ4v) is 3.12. The van der Waals surface area contributed by atoms with E-state index in [0.29, 0.717) is 30.0 Å². The molecule has 1 aliphatic heterocycles. The van der Waals surface area contributed by atoms with E-state index in [1.165, 1.54) is 12.1 Å². The van der Waals surface area contributed by atoms with Crippen LogP contribution in [-0.2, 0) is 13.1 Å². The normalized spacial score (nSPS) is 18.8. The summed E-state index contributed by atoms with van der Waals surface area (Å²) in [6.07, 6.45) is 0.236. The molecule has 2 aromatic carbocycles. The highest BCUT2D eigenvalue weighted by molar-refractivity contribution is 5.72. The summed E-state index contributed by atoms with van der Waals surface area (Å²) in [6.45, 7) is 2.03. The smallest absolute Gasteiger partial charge is 0.209 e. The van der Waals surface area contributed by atoms with E-state index < -0.39 is 6.10 Å². The summed E-state index contributed by atoms with van der Waals surface area (Å²) in [7, 11) is 0. The standard InChI is InChI=1S/C18H17FN2O2/c19-13-5-6-15-17(9-13)23-18(20-15)11-21-8-7-16(22)14-4-2-1-3-12(14)10-21/h1-6,9,16,22H,7-8,10-11H2. The Hall–Kier alpha value is -2.24. The molecular weight excluding hydrogens is 295 g/mol. The number of hydrogen-bond donors (Lipinski definition) is 1. The van der Waals surface area contributed by atoms with Crippen molar-refractivity contribution < 1.29 is 13.9 Å². The SMILES string of the molecule is OC1CCN(Cc2nc3ccc(F)cc3o2)Cc2ccccc21. The number of rotatable bonds is 2. The number of fused-ring (bicyclic) bond motifs is 2. The van der Waals surface area contributed by atoms with Crippen molar-refractivity contribution in [3.63, 3.8) is 0 Å². The zero-order chi connectivity index (χ0) is 15.8. The van der Waals surface area contributed by atoms with E-state index in [1.54, 1.807) is 6.07 Å². The minimum absolute atomic E-state index is 0.327. The number of aromatic nitrogens is 1. The van der Waals surface area contributed by atoms with E-state index in [4.69, 9.17) is 4.42 Å². The van der Waals surface area contributed by atoms with Gasteiger partial charge in [0.05, 0.1) is 12.6 Å². The third-order valence-corrected chi connectivity index (χ3v) is 4.28. The van der Waals surface area contributed by atoms with E-state index in [0.717, 1.165) is 24.2 Å². The summed E-state index contributed by atoms with van der Waals surface area (Å²) < 4.78 is 18.9. The first-order chi connectivity index (χ1) is 11.2. The Kier molecular flexibility index (Phi) is 3.59. The maximum Gasteiger partial charge on any atom is 0.209 e. The molecule has 1 N–H and O–H groups in total. The highest BCUT2D eigenvalue weighted by atomic mass is 19.1. The van der Waals surface area contributed by atoms with Crippen LogP contribution in [0.15, 0.2) is 46.9 Å². The van der Waals surface area contributed by atoms with Gasteiger partial charge in [0.2, 0.25) is 5.89 Å². The van der Waals surface area contributed by atoms with Gasteiger partial charge in [0.25, 0.3) is 0 Å². The Morgan fingerprint density at radius 3 is 3.04 bits per heavy atom. The number of aliphatic hydroxyl groups is 1. The average molecular weight is 312 g/mol. The fraction of sp³-hybridized carbons (Fsp3) is 0.278. The summed E-state index contributed by atoms with van der Waals surface area (Å²) in [5.74, 6) is 0.242. The Labute approximate surface area is 133 Å². The predicted molar refractivity (Wildman–Crippen MR) is 84.1 cm³/mol. The van der Waals surface area contributed by atoms with Gasteiger partial charge in [-0.2, -0.15) is 0 Å². The molecule has 0 amide bonds. The Bertz CT molecular complexity index is 846. The van der Waals surface area contributed by atoms with Crippen LogP contribution in [0.3, 0.4) is 0 Å². The number of benzene rings is 2. The minimum atomic E-state index is -0.436. The van der Waals surface area contributed by atoms with Crippen LogP contribution in [0.1, 0.15) is 29.5 Å². The van der Waals surface area contributed by atoms with Crippen LogP contribution in [0.25, 0.3) is 11.1 Å². The monoisotopic (exact) mass is 312 g/mol. The third-order valence-electron chi connectivity index (χ3n) is 4.28. The molecule has 1 atom stereocenters. The van der Waals surface area contributed by atoms with Crippen LogP contribution in [0.5, 0.6) is 0 Å². The molecule has 0 spiro atoms. The molecule has 4 rings (SSSR count). The second-order valence-corrected chi connectivity index (χ2v) is 5.93. The van der Waals surface area contributed by atoms with Gasteiger partial charge in [-0.05, 0) is 29.7 Å². The van der Waals surface area contributed by atoms with Crippen molar-refractivity contribution >= 4 is 11.1 Å². The summed E-state index contributed by atoms with van der Waals surface area (Å²) in [6, 6.07) is 12.3. The number of nitrogens with zero attached hydrogens (tertiary/aromatic N) is 2. The molecule has 23 heavy (non-hydrogen) atoms. The van der Waals surface area contributed by atoms with Crippen LogP contribution < -0.4 is 0 Å². The lowest BCUT2D eigenvalue weighted by atomic mass is 10.0. The lowest BCUT2D eigenvalue weighted by Gasteiger charge is -2.18. The van der Waals surface area contributed by atoms with E-state index in [9.17, 15) is 9.50 Å². The highest BCUT2D eigenvalue weighted by Gasteiger charge is 2.21. The largest absolute Gasteiger partial charge is 0.439 e. The number of oxazole rings is 1. The first-order valence-electron chi connectivity index (χ1n) is 7.72. The van der Waals surface area contributed by atoms with Gasteiger partial charge >= 0.3 is 0 Å². The summed E-state index contributed by atoms with van der Waals surface area (Å²) in [5.41, 5.74) is 3.25. The lowest BCUT2D eigenvalue weighted by Crippen LogP contribution is -2.23. The summed E-state index contributed by atoms with van der Waals surface area (Å²) in [5, 5.41) is 10.3. The average Bonchev–Trinajstić information content (AvgIpc) is 2.86. The fourth-order valence-electron chi connectivity index (χ4n) is 3.12. The van der Waals surface area contributed by atoms with E-state index >= 15 is 0 Å². The van der Waals surface area contributed by atoms with Crippen molar-refractivity contribution in [3.05, 3.63) is 65.3 Å². The molecule has 1 aromatic heterocycles. The first-order valence-corrected chi connectivity index (χ1v) is 7.72. The third kappa shape index (κ3) is 2.85. The molecule has 0 saturated carbocycles. The molecule has 4 nitrogen and oxygen atoms in total. The molecule has 1 unspecified atom stereocenters. The van der Waals surface area contributed by atoms with E-state index in [2.05, 4.69) is 9.88 Å². The lowest BCUT2D eigenvalue weighted by molar-refractivity contribution is 0.146. The van der Waals surface area contributed by atoms with Crippen LogP contribution >= 0.6 is 0 Å². The number of hydrogen-bond acceptors (Lipinski definition) is 4. The van der Waals surface area contributed by atoms with Crippen molar-refractivity contribution in [2.24, 2.45) is 0 Å². The van der Waals surface area contributed by atoms with Gasteiger partial charge in [-0.15, -0.1) is 0 Å². The highest BCUT2D eigenvalue weighted by Crippen LogP contribution is 2.27. The molecule has 0 saturated heterocycles. The molecule has 118 valence electrons. The predicted octanol–water partition coefficient (Wildman–Crippen LogP) is 3.41. The molecule has 0 bridgehead atoms.